The van der Waals surface area contributed by atoms with Crippen LogP contribution in [-0.2, 0) is 4.79 Å². The van der Waals surface area contributed by atoms with Crippen LogP contribution in [0.5, 0.6) is 5.75 Å². The Kier molecular flexibility index (Phi) is 6.72. The molecule has 10 heteroatoms. The van der Waals surface area contributed by atoms with Crippen molar-refractivity contribution in [1.29, 1.82) is 0 Å². The van der Waals surface area contributed by atoms with Crippen molar-refractivity contribution in [3.8, 4) is 5.75 Å². The number of hydrogen-bond donors (Lipinski definition) is 0. The maximum Gasteiger partial charge on any atom is 0.267 e. The van der Waals surface area contributed by atoms with Gasteiger partial charge in [0, 0.05) is 44.6 Å². The van der Waals surface area contributed by atoms with Crippen molar-refractivity contribution in [3.63, 3.8) is 0 Å². The first-order valence-corrected chi connectivity index (χ1v) is 13.0. The molecule has 2 aliphatic rings. The summed E-state index contributed by atoms with van der Waals surface area (Å²) in [5.74, 6) is 1.25. The molecule has 36 heavy (non-hydrogen) atoms. The van der Waals surface area contributed by atoms with E-state index in [2.05, 4.69) is 21.9 Å². The minimum Gasteiger partial charge on any atom is -0.497 e. The zero-order chi connectivity index (χ0) is 25.4. The van der Waals surface area contributed by atoms with Gasteiger partial charge in [-0.15, -0.1) is 0 Å². The number of nitrogens with zero attached hydrogens (tertiary/aromatic N) is 5. The highest BCUT2D eigenvalue weighted by atomic mass is 32.2. The fourth-order valence-electron chi connectivity index (χ4n) is 4.49. The van der Waals surface area contributed by atoms with Gasteiger partial charge in [0.25, 0.3) is 11.5 Å². The van der Waals surface area contributed by atoms with Crippen molar-refractivity contribution in [1.82, 2.24) is 14.3 Å². The Labute approximate surface area is 219 Å². The number of amides is 1. The molecule has 5 rings (SSSR count). The maximum absolute atomic E-state index is 13.7. The number of carbonyl (C=O) groups excluding carboxylic acids is 1. The van der Waals surface area contributed by atoms with Crippen LogP contribution in [0.2, 0.25) is 0 Å². The number of ether oxygens (including phenoxy) is 1. The van der Waals surface area contributed by atoms with Crippen LogP contribution in [0.4, 0.5) is 11.5 Å². The maximum atomic E-state index is 13.7. The summed E-state index contributed by atoms with van der Waals surface area (Å²) < 4.78 is 7.33. The number of piperazine rings is 1. The van der Waals surface area contributed by atoms with Gasteiger partial charge in [-0.05, 0) is 55.8 Å². The van der Waals surface area contributed by atoms with Gasteiger partial charge >= 0.3 is 0 Å². The molecule has 0 aliphatic carbocycles. The summed E-state index contributed by atoms with van der Waals surface area (Å²) in [6.45, 7) is 7.25. The molecule has 3 aromatic rings. The number of thioether (sulfide) groups is 1. The Bertz CT molecular complexity index is 1430. The third kappa shape index (κ3) is 4.46. The van der Waals surface area contributed by atoms with E-state index in [0.29, 0.717) is 45.9 Å². The molecule has 186 valence electrons. The predicted octanol–water partition coefficient (Wildman–Crippen LogP) is 3.56. The van der Waals surface area contributed by atoms with Crippen molar-refractivity contribution in [2.75, 3.05) is 49.6 Å². The Hall–Kier alpha value is -3.37. The highest BCUT2D eigenvalue weighted by Gasteiger charge is 2.32. The molecular weight excluding hydrogens is 494 g/mol. The number of carbonyl (C=O) groups is 1. The zero-order valence-electron chi connectivity index (χ0n) is 20.4. The average Bonchev–Trinajstić information content (AvgIpc) is 3.17. The first-order chi connectivity index (χ1) is 17.4. The fourth-order valence-corrected chi connectivity index (χ4v) is 5.85. The van der Waals surface area contributed by atoms with Gasteiger partial charge in [-0.3, -0.25) is 18.9 Å². The van der Waals surface area contributed by atoms with Crippen molar-refractivity contribution < 1.29 is 9.53 Å². The van der Waals surface area contributed by atoms with Crippen molar-refractivity contribution in [2.45, 2.75) is 13.8 Å². The molecule has 0 bridgehead atoms. The largest absolute Gasteiger partial charge is 0.497 e. The molecule has 2 saturated heterocycles. The van der Waals surface area contributed by atoms with Crippen LogP contribution in [0, 0.1) is 6.92 Å². The molecule has 8 nitrogen and oxygen atoms in total. The second-order valence-electron chi connectivity index (χ2n) is 8.69. The van der Waals surface area contributed by atoms with E-state index < -0.39 is 0 Å². The number of fused-ring (bicyclic) bond motifs is 1. The van der Waals surface area contributed by atoms with E-state index in [1.165, 1.54) is 11.8 Å². The molecule has 2 aliphatic heterocycles. The van der Waals surface area contributed by atoms with Gasteiger partial charge in [-0.1, -0.05) is 30.0 Å². The lowest BCUT2D eigenvalue weighted by atomic mass is 10.2. The molecule has 0 atom stereocenters. The Morgan fingerprint density at radius 1 is 1.06 bits per heavy atom. The lowest BCUT2D eigenvalue weighted by Gasteiger charge is -2.37. The number of thiocarbonyl (C=S) groups is 1. The van der Waals surface area contributed by atoms with E-state index in [9.17, 15) is 9.59 Å². The number of anilines is 2. The van der Waals surface area contributed by atoms with Gasteiger partial charge < -0.3 is 14.5 Å². The summed E-state index contributed by atoms with van der Waals surface area (Å²) in [7, 11) is 1.66. The number of aromatic nitrogens is 2. The van der Waals surface area contributed by atoms with Crippen LogP contribution in [-0.4, -0.2) is 64.3 Å². The normalized spacial score (nSPS) is 17.5. The molecule has 0 saturated carbocycles. The van der Waals surface area contributed by atoms with Crippen LogP contribution in [0.25, 0.3) is 11.7 Å². The van der Waals surface area contributed by atoms with Crippen molar-refractivity contribution in [3.05, 3.63) is 69.0 Å². The van der Waals surface area contributed by atoms with Crippen molar-refractivity contribution >= 4 is 57.4 Å². The third-order valence-electron chi connectivity index (χ3n) is 6.47. The summed E-state index contributed by atoms with van der Waals surface area (Å²) in [6, 6.07) is 11.8. The molecular formula is C26H27N5O3S2. The van der Waals surface area contributed by atoms with Gasteiger partial charge in [0.05, 0.1) is 17.6 Å². The van der Waals surface area contributed by atoms with E-state index >= 15 is 0 Å². The van der Waals surface area contributed by atoms with Gasteiger partial charge in [-0.25, -0.2) is 4.98 Å². The number of likely N-dealkylation sites (N-methyl/N-ethyl adjacent to an activating group) is 1. The van der Waals surface area contributed by atoms with Crippen LogP contribution < -0.4 is 20.1 Å². The van der Waals surface area contributed by atoms with Gasteiger partial charge in [0.15, 0.2) is 0 Å². The Morgan fingerprint density at radius 3 is 2.39 bits per heavy atom. The van der Waals surface area contributed by atoms with Gasteiger partial charge in [-0.2, -0.15) is 0 Å². The Balaban J connectivity index is 1.51. The molecule has 2 aromatic heterocycles. The number of pyridine rings is 1. The molecule has 4 heterocycles. The second-order valence-corrected chi connectivity index (χ2v) is 10.4. The summed E-state index contributed by atoms with van der Waals surface area (Å²) >= 11 is 6.61. The topological polar surface area (TPSA) is 70.4 Å². The average molecular weight is 522 g/mol. The predicted molar refractivity (Wildman–Crippen MR) is 149 cm³/mol. The number of rotatable bonds is 5. The molecule has 0 spiro atoms. The van der Waals surface area contributed by atoms with Crippen LogP contribution >= 0.6 is 24.0 Å². The highest BCUT2D eigenvalue weighted by Crippen LogP contribution is 2.33. The number of hydrogen-bond acceptors (Lipinski definition) is 8. The smallest absolute Gasteiger partial charge is 0.267 e. The SMILES string of the molecule is CCN1C(=O)C(=Cc2c(N3CCN(c4ccc(OC)cc4)CC3)nc3ccc(C)cn3c2=O)SC1=S. The monoisotopic (exact) mass is 521 g/mol. The number of methoxy groups -OCH3 is 1. The minimum atomic E-state index is -0.196. The molecule has 0 unspecified atom stereocenters. The van der Waals surface area contributed by atoms with Crippen LogP contribution in [0.15, 0.2) is 52.3 Å². The zero-order valence-corrected chi connectivity index (χ0v) is 22.1. The standard InChI is InChI=1S/C26H27N5O3S2/c1-4-30-25(33)21(36-26(30)35)15-20-23(27-22-10-5-17(2)16-31(22)24(20)32)29-13-11-28(12-14-29)18-6-8-19(34-3)9-7-18/h5-10,15-16H,4,11-14H2,1-3H3. The highest BCUT2D eigenvalue weighted by molar-refractivity contribution is 8.26. The van der Waals surface area contributed by atoms with Gasteiger partial charge in [0.2, 0.25) is 0 Å². The van der Waals surface area contributed by atoms with E-state index in [1.54, 1.807) is 28.7 Å². The quantitative estimate of drug-likeness (QED) is 0.373. The molecule has 1 aromatic carbocycles. The first kappa shape index (κ1) is 24.3. The first-order valence-electron chi connectivity index (χ1n) is 11.8. The molecule has 2 fully saturated rings. The summed E-state index contributed by atoms with van der Waals surface area (Å²) in [6.07, 6.45) is 3.45. The summed E-state index contributed by atoms with van der Waals surface area (Å²) in [4.78, 5) is 37.9. The number of aryl methyl sites for hydroxylation is 1. The Morgan fingerprint density at radius 2 is 1.75 bits per heavy atom. The summed E-state index contributed by atoms with van der Waals surface area (Å²) in [5.41, 5.74) is 2.87. The van der Waals surface area contributed by atoms with Crippen molar-refractivity contribution in [2.24, 2.45) is 0 Å². The van der Waals surface area contributed by atoms with E-state index in [-0.39, 0.29) is 11.5 Å². The van der Waals surface area contributed by atoms with Crippen LogP contribution in [0.3, 0.4) is 0 Å². The molecule has 0 radical (unpaired) electrons. The number of benzene rings is 1. The van der Waals surface area contributed by atoms with E-state index in [4.69, 9.17) is 21.9 Å². The fraction of sp³-hybridized carbons (Fsp3) is 0.308. The van der Waals surface area contributed by atoms with E-state index in [0.717, 1.165) is 30.1 Å². The van der Waals surface area contributed by atoms with Crippen LogP contribution in [0.1, 0.15) is 18.1 Å². The molecule has 0 N–H and O–H groups in total. The minimum absolute atomic E-state index is 0.170. The summed E-state index contributed by atoms with van der Waals surface area (Å²) in [5, 5.41) is 0. The third-order valence-corrected chi connectivity index (χ3v) is 7.85. The van der Waals surface area contributed by atoms with E-state index in [1.807, 2.05) is 38.1 Å². The van der Waals surface area contributed by atoms with Gasteiger partial charge in [0.1, 0.15) is 21.5 Å². The lowest BCUT2D eigenvalue weighted by Crippen LogP contribution is -2.47. The molecule has 1 amide bonds. The lowest BCUT2D eigenvalue weighted by molar-refractivity contribution is -0.121. The second kappa shape index (κ2) is 9.94.